The molecular formula is C14H26N4. The summed E-state index contributed by atoms with van der Waals surface area (Å²) < 4.78 is 2.05. The van der Waals surface area contributed by atoms with Crippen molar-refractivity contribution in [3.8, 4) is 0 Å². The summed E-state index contributed by atoms with van der Waals surface area (Å²) in [5.74, 6) is 0.608. The SMILES string of the molecule is CCc1nn(C)c(CC)c1CN1CC(C)C(N)C1. The Kier molecular flexibility index (Phi) is 4.07. The lowest BCUT2D eigenvalue weighted by atomic mass is 10.1. The van der Waals surface area contributed by atoms with Crippen LogP contribution < -0.4 is 5.73 Å². The van der Waals surface area contributed by atoms with E-state index in [1.807, 2.05) is 4.68 Å². The first-order valence-electron chi connectivity index (χ1n) is 7.08. The number of hydrogen-bond donors (Lipinski definition) is 1. The van der Waals surface area contributed by atoms with Crippen LogP contribution in [0, 0.1) is 5.92 Å². The van der Waals surface area contributed by atoms with Crippen molar-refractivity contribution < 1.29 is 0 Å². The van der Waals surface area contributed by atoms with Crippen molar-refractivity contribution >= 4 is 0 Å². The lowest BCUT2D eigenvalue weighted by molar-refractivity contribution is 0.317. The second-order valence-electron chi connectivity index (χ2n) is 5.54. The highest BCUT2D eigenvalue weighted by molar-refractivity contribution is 5.26. The normalized spacial score (nSPS) is 24.9. The summed E-state index contributed by atoms with van der Waals surface area (Å²) in [4.78, 5) is 2.48. The van der Waals surface area contributed by atoms with Crippen molar-refractivity contribution in [3.63, 3.8) is 0 Å². The molecule has 0 aliphatic carbocycles. The molecule has 0 aromatic carbocycles. The van der Waals surface area contributed by atoms with Gasteiger partial charge in [-0.05, 0) is 18.8 Å². The fourth-order valence-electron chi connectivity index (χ4n) is 3.02. The van der Waals surface area contributed by atoms with E-state index in [-0.39, 0.29) is 0 Å². The van der Waals surface area contributed by atoms with Gasteiger partial charge in [0.25, 0.3) is 0 Å². The molecule has 0 spiro atoms. The number of aromatic nitrogens is 2. The Morgan fingerprint density at radius 3 is 2.50 bits per heavy atom. The van der Waals surface area contributed by atoms with Gasteiger partial charge < -0.3 is 5.73 Å². The monoisotopic (exact) mass is 250 g/mol. The molecule has 2 unspecified atom stereocenters. The second kappa shape index (κ2) is 5.41. The molecule has 0 saturated carbocycles. The second-order valence-corrected chi connectivity index (χ2v) is 5.54. The molecule has 4 heteroatoms. The third kappa shape index (κ3) is 2.45. The lowest BCUT2D eigenvalue weighted by Gasteiger charge is -2.16. The van der Waals surface area contributed by atoms with Gasteiger partial charge in [-0.3, -0.25) is 9.58 Å². The van der Waals surface area contributed by atoms with E-state index < -0.39 is 0 Å². The molecule has 4 nitrogen and oxygen atoms in total. The van der Waals surface area contributed by atoms with Gasteiger partial charge in [0.15, 0.2) is 0 Å². The highest BCUT2D eigenvalue weighted by Crippen LogP contribution is 2.22. The maximum Gasteiger partial charge on any atom is 0.0669 e. The Hall–Kier alpha value is -0.870. The number of nitrogens with two attached hydrogens (primary N) is 1. The summed E-state index contributed by atoms with van der Waals surface area (Å²) in [6.07, 6.45) is 2.06. The van der Waals surface area contributed by atoms with Gasteiger partial charge in [0.2, 0.25) is 0 Å². The summed E-state index contributed by atoms with van der Waals surface area (Å²) in [6.45, 7) is 9.78. The summed E-state index contributed by atoms with van der Waals surface area (Å²) in [7, 11) is 2.06. The van der Waals surface area contributed by atoms with E-state index in [1.165, 1.54) is 17.0 Å². The quantitative estimate of drug-likeness (QED) is 0.877. The molecule has 1 aliphatic rings. The molecule has 0 bridgehead atoms. The highest BCUT2D eigenvalue weighted by atomic mass is 15.3. The van der Waals surface area contributed by atoms with Crippen molar-refractivity contribution in [2.45, 2.75) is 46.2 Å². The smallest absolute Gasteiger partial charge is 0.0669 e. The Morgan fingerprint density at radius 2 is 2.00 bits per heavy atom. The lowest BCUT2D eigenvalue weighted by Crippen LogP contribution is -2.28. The molecular weight excluding hydrogens is 224 g/mol. The number of aryl methyl sites for hydroxylation is 2. The minimum atomic E-state index is 0.330. The van der Waals surface area contributed by atoms with E-state index in [4.69, 9.17) is 5.73 Å². The van der Waals surface area contributed by atoms with Gasteiger partial charge in [-0.25, -0.2) is 0 Å². The van der Waals surface area contributed by atoms with Crippen LogP contribution in [0.1, 0.15) is 37.7 Å². The molecule has 2 heterocycles. The third-order valence-electron chi connectivity index (χ3n) is 4.16. The summed E-state index contributed by atoms with van der Waals surface area (Å²) >= 11 is 0. The van der Waals surface area contributed by atoms with Gasteiger partial charge in [-0.2, -0.15) is 5.10 Å². The first kappa shape index (κ1) is 13.6. The van der Waals surface area contributed by atoms with Gasteiger partial charge in [0, 0.05) is 44.0 Å². The van der Waals surface area contributed by atoms with Crippen LogP contribution in [0.2, 0.25) is 0 Å². The predicted octanol–water partition coefficient (Wildman–Crippen LogP) is 1.32. The van der Waals surface area contributed by atoms with Crippen molar-refractivity contribution in [2.75, 3.05) is 13.1 Å². The Bertz CT molecular complexity index is 400. The first-order chi connectivity index (χ1) is 8.56. The Balaban J connectivity index is 2.18. The highest BCUT2D eigenvalue weighted by Gasteiger charge is 2.28. The fraction of sp³-hybridized carbons (Fsp3) is 0.786. The van der Waals surface area contributed by atoms with Crippen LogP contribution in [0.4, 0.5) is 0 Å². The maximum atomic E-state index is 6.11. The van der Waals surface area contributed by atoms with Gasteiger partial charge in [-0.1, -0.05) is 20.8 Å². The first-order valence-corrected chi connectivity index (χ1v) is 7.08. The molecule has 1 aromatic rings. The van der Waals surface area contributed by atoms with E-state index in [0.29, 0.717) is 12.0 Å². The van der Waals surface area contributed by atoms with E-state index in [9.17, 15) is 0 Å². The molecule has 0 amide bonds. The Labute approximate surface area is 110 Å². The van der Waals surface area contributed by atoms with E-state index in [1.54, 1.807) is 0 Å². The molecule has 2 rings (SSSR count). The zero-order chi connectivity index (χ0) is 13.3. The molecule has 1 fully saturated rings. The van der Waals surface area contributed by atoms with E-state index in [2.05, 4.69) is 37.8 Å². The number of rotatable bonds is 4. The molecule has 1 aromatic heterocycles. The largest absolute Gasteiger partial charge is 0.326 e. The standard InChI is InChI=1S/C14H26N4/c1-5-13-11(14(6-2)17(4)16-13)8-18-7-10(3)12(15)9-18/h10,12H,5-9,15H2,1-4H3. The van der Waals surface area contributed by atoms with Gasteiger partial charge in [-0.15, -0.1) is 0 Å². The topological polar surface area (TPSA) is 47.1 Å². The van der Waals surface area contributed by atoms with Crippen molar-refractivity contribution in [1.29, 1.82) is 0 Å². The molecule has 1 aliphatic heterocycles. The minimum absolute atomic E-state index is 0.330. The number of likely N-dealkylation sites (tertiary alicyclic amines) is 1. The van der Waals surface area contributed by atoms with E-state index >= 15 is 0 Å². The summed E-state index contributed by atoms with van der Waals surface area (Å²) in [6, 6.07) is 0.330. The van der Waals surface area contributed by atoms with Gasteiger partial charge in [0.05, 0.1) is 5.69 Å². The third-order valence-corrected chi connectivity index (χ3v) is 4.16. The van der Waals surface area contributed by atoms with Crippen LogP contribution in [-0.2, 0) is 26.4 Å². The van der Waals surface area contributed by atoms with Crippen LogP contribution in [0.15, 0.2) is 0 Å². The van der Waals surface area contributed by atoms with Crippen LogP contribution in [0.3, 0.4) is 0 Å². The maximum absolute atomic E-state index is 6.11. The molecule has 2 atom stereocenters. The zero-order valence-electron chi connectivity index (χ0n) is 12.1. The van der Waals surface area contributed by atoms with Crippen LogP contribution in [-0.4, -0.2) is 33.8 Å². The van der Waals surface area contributed by atoms with Crippen molar-refractivity contribution in [2.24, 2.45) is 18.7 Å². The van der Waals surface area contributed by atoms with Crippen LogP contribution in [0.5, 0.6) is 0 Å². The van der Waals surface area contributed by atoms with Crippen LogP contribution >= 0.6 is 0 Å². The van der Waals surface area contributed by atoms with Crippen molar-refractivity contribution in [3.05, 3.63) is 17.0 Å². The molecule has 2 N–H and O–H groups in total. The van der Waals surface area contributed by atoms with Crippen molar-refractivity contribution in [1.82, 2.24) is 14.7 Å². The fourth-order valence-corrected chi connectivity index (χ4v) is 3.02. The molecule has 1 saturated heterocycles. The average molecular weight is 250 g/mol. The zero-order valence-corrected chi connectivity index (χ0v) is 12.1. The number of hydrogen-bond acceptors (Lipinski definition) is 3. The summed E-state index contributed by atoms with van der Waals surface area (Å²) in [5.41, 5.74) is 10.2. The predicted molar refractivity (Wildman–Crippen MR) is 74.4 cm³/mol. The van der Waals surface area contributed by atoms with E-state index in [0.717, 1.165) is 32.5 Å². The summed E-state index contributed by atoms with van der Waals surface area (Å²) in [5, 5.41) is 4.64. The Morgan fingerprint density at radius 1 is 1.28 bits per heavy atom. The molecule has 0 radical (unpaired) electrons. The number of nitrogens with zero attached hydrogens (tertiary/aromatic N) is 3. The van der Waals surface area contributed by atoms with Gasteiger partial charge in [0.1, 0.15) is 0 Å². The molecule has 18 heavy (non-hydrogen) atoms. The minimum Gasteiger partial charge on any atom is -0.326 e. The average Bonchev–Trinajstić information content (AvgIpc) is 2.80. The van der Waals surface area contributed by atoms with Gasteiger partial charge >= 0.3 is 0 Å². The molecule has 102 valence electrons. The van der Waals surface area contributed by atoms with Crippen LogP contribution in [0.25, 0.3) is 0 Å².